The van der Waals surface area contributed by atoms with E-state index in [-0.39, 0.29) is 0 Å². The molecule has 0 fully saturated rings. The molecule has 0 bridgehead atoms. The van der Waals surface area contributed by atoms with Gasteiger partial charge in [-0.3, -0.25) is 0 Å². The molecule has 0 aliphatic heterocycles. The summed E-state index contributed by atoms with van der Waals surface area (Å²) in [6, 6.07) is 60.3. The zero-order valence-electron chi connectivity index (χ0n) is 36.4. The van der Waals surface area contributed by atoms with E-state index in [0.717, 1.165) is 18.4 Å². The van der Waals surface area contributed by atoms with Crippen LogP contribution in [0.4, 0.5) is 0 Å². The highest BCUT2D eigenvalue weighted by Gasteiger charge is 2.46. The van der Waals surface area contributed by atoms with Crippen LogP contribution >= 0.6 is 0 Å². The first-order valence-corrected chi connectivity index (χ1v) is 21.8. The Kier molecular flexibility index (Phi) is 10.6. The van der Waals surface area contributed by atoms with E-state index in [1.54, 1.807) is 0 Å². The second-order valence-electron chi connectivity index (χ2n) is 17.0. The first kappa shape index (κ1) is 39.7. The standard InChI is InChI=1S/C61H54/c1-8-13-42(6)55(10-3)56(14-9-2)49-26-25-47-36-50(43(7)34-52(47)38-49)35-44-20-30-54(31-21-44)61(53-28-18-40(4)19-29-53)59-16-12-11-15-57(59)58-32-27-48(39-60(58)61)46-24-23-45-22-17-41(5)33-51(45)37-46/h8-9,11-34,36-39H,6,10,35H2,1-5,7H3. The number of hydrogen-bond donors (Lipinski definition) is 0. The molecule has 0 N–H and O–H groups in total. The maximum absolute atomic E-state index is 4.39. The lowest BCUT2D eigenvalue weighted by molar-refractivity contribution is 0.767. The van der Waals surface area contributed by atoms with Crippen molar-refractivity contribution in [3.8, 4) is 22.3 Å². The smallest absolute Gasteiger partial charge is 0.0713 e. The Balaban J connectivity index is 1.12. The fourth-order valence-corrected chi connectivity index (χ4v) is 9.94. The fourth-order valence-electron chi connectivity index (χ4n) is 9.94. The molecule has 1 atom stereocenters. The molecule has 8 aromatic rings. The van der Waals surface area contributed by atoms with Crippen LogP contribution in [0.25, 0.3) is 49.4 Å². The zero-order valence-corrected chi connectivity index (χ0v) is 36.4. The Hall–Kier alpha value is -6.76. The van der Waals surface area contributed by atoms with E-state index in [0.29, 0.717) is 0 Å². The van der Waals surface area contributed by atoms with Gasteiger partial charge in [-0.1, -0.05) is 188 Å². The summed E-state index contributed by atoms with van der Waals surface area (Å²) in [6.07, 6.45) is 10.3. The number of hydrogen-bond acceptors (Lipinski definition) is 0. The second kappa shape index (κ2) is 16.4. The molecule has 298 valence electrons. The van der Waals surface area contributed by atoms with E-state index in [1.807, 2.05) is 0 Å². The van der Waals surface area contributed by atoms with Crippen LogP contribution < -0.4 is 0 Å². The zero-order chi connectivity index (χ0) is 42.3. The SMILES string of the molecule is C=C(C=CC)C(CC)=C(C=CC)c1ccc2cc(Cc3ccc(C4(c5ccc(C)cc5)c5ccccc5-c5ccc(-c6ccc7ccc(C)cc7c6)cc54)cc3)c(C)cc2c1. The van der Waals surface area contributed by atoms with Crippen LogP contribution in [0.15, 0.2) is 200 Å². The first-order valence-electron chi connectivity index (χ1n) is 21.8. The van der Waals surface area contributed by atoms with Crippen molar-refractivity contribution in [2.24, 2.45) is 0 Å². The number of benzene rings is 8. The Labute approximate surface area is 363 Å². The summed E-state index contributed by atoms with van der Waals surface area (Å²) in [4.78, 5) is 0. The summed E-state index contributed by atoms with van der Waals surface area (Å²) in [6.45, 7) is 17.4. The predicted octanol–water partition coefficient (Wildman–Crippen LogP) is 16.4. The quantitative estimate of drug-likeness (QED) is 0.121. The van der Waals surface area contributed by atoms with Crippen LogP contribution in [0.3, 0.4) is 0 Å². The van der Waals surface area contributed by atoms with Gasteiger partial charge in [-0.15, -0.1) is 0 Å². The molecule has 8 aromatic carbocycles. The highest BCUT2D eigenvalue weighted by Crippen LogP contribution is 2.57. The summed E-state index contributed by atoms with van der Waals surface area (Å²) in [5.41, 5.74) is 21.2. The predicted molar refractivity (Wildman–Crippen MR) is 264 cm³/mol. The fraction of sp³-hybridized carbons (Fsp3) is 0.148. The number of rotatable bonds is 10. The van der Waals surface area contributed by atoms with Crippen molar-refractivity contribution >= 4 is 27.1 Å². The van der Waals surface area contributed by atoms with Crippen molar-refractivity contribution in [1.82, 2.24) is 0 Å². The molecular weight excluding hydrogens is 733 g/mol. The van der Waals surface area contributed by atoms with Crippen LogP contribution in [0.1, 0.15) is 82.8 Å². The molecule has 1 unspecified atom stereocenters. The van der Waals surface area contributed by atoms with Gasteiger partial charge < -0.3 is 0 Å². The minimum Gasteiger partial charge on any atom is -0.0915 e. The van der Waals surface area contributed by atoms with E-state index in [1.165, 1.54) is 111 Å². The molecule has 1 aliphatic carbocycles. The van der Waals surface area contributed by atoms with Crippen molar-refractivity contribution in [3.05, 3.63) is 255 Å². The van der Waals surface area contributed by atoms with Gasteiger partial charge in [0.1, 0.15) is 0 Å². The van der Waals surface area contributed by atoms with Gasteiger partial charge in [0.2, 0.25) is 0 Å². The third kappa shape index (κ3) is 7.11. The van der Waals surface area contributed by atoms with Gasteiger partial charge in [0.15, 0.2) is 0 Å². The molecule has 0 saturated carbocycles. The van der Waals surface area contributed by atoms with Crippen LogP contribution in [0, 0.1) is 20.8 Å². The molecule has 0 aromatic heterocycles. The summed E-state index contributed by atoms with van der Waals surface area (Å²) in [7, 11) is 0. The van der Waals surface area contributed by atoms with Gasteiger partial charge in [0.05, 0.1) is 5.41 Å². The van der Waals surface area contributed by atoms with Crippen LogP contribution in [-0.4, -0.2) is 0 Å². The topological polar surface area (TPSA) is 0 Å². The summed E-state index contributed by atoms with van der Waals surface area (Å²) >= 11 is 0. The van der Waals surface area contributed by atoms with Gasteiger partial charge >= 0.3 is 0 Å². The molecule has 0 radical (unpaired) electrons. The van der Waals surface area contributed by atoms with Crippen LogP contribution in [0.2, 0.25) is 0 Å². The molecule has 0 spiro atoms. The van der Waals surface area contributed by atoms with Crippen molar-refractivity contribution in [1.29, 1.82) is 0 Å². The minimum atomic E-state index is -0.477. The molecule has 0 amide bonds. The maximum Gasteiger partial charge on any atom is 0.0713 e. The molecule has 0 heterocycles. The van der Waals surface area contributed by atoms with Gasteiger partial charge in [0.25, 0.3) is 0 Å². The molecule has 0 heteroatoms. The summed E-state index contributed by atoms with van der Waals surface area (Å²) in [5, 5.41) is 5.07. The molecule has 9 rings (SSSR count). The number of allylic oxidation sites excluding steroid dienone is 7. The maximum atomic E-state index is 4.39. The Morgan fingerprint density at radius 2 is 1.18 bits per heavy atom. The summed E-state index contributed by atoms with van der Waals surface area (Å²) < 4.78 is 0. The average Bonchev–Trinajstić information content (AvgIpc) is 3.57. The van der Waals surface area contributed by atoms with Crippen LogP contribution in [0.5, 0.6) is 0 Å². The van der Waals surface area contributed by atoms with E-state index in [4.69, 9.17) is 0 Å². The average molecular weight is 787 g/mol. The van der Waals surface area contributed by atoms with Gasteiger partial charge in [-0.05, 0) is 171 Å². The molecule has 0 nitrogen and oxygen atoms in total. The van der Waals surface area contributed by atoms with Crippen molar-refractivity contribution in [2.75, 3.05) is 0 Å². The molecule has 61 heavy (non-hydrogen) atoms. The van der Waals surface area contributed by atoms with Gasteiger partial charge in [-0.25, -0.2) is 0 Å². The normalized spacial score (nSPS) is 15.1. The Morgan fingerprint density at radius 3 is 1.93 bits per heavy atom. The third-order valence-electron chi connectivity index (χ3n) is 13.0. The molecule has 1 aliphatic rings. The van der Waals surface area contributed by atoms with Gasteiger partial charge in [0, 0.05) is 0 Å². The van der Waals surface area contributed by atoms with E-state index >= 15 is 0 Å². The van der Waals surface area contributed by atoms with Crippen molar-refractivity contribution < 1.29 is 0 Å². The highest BCUT2D eigenvalue weighted by molar-refractivity contribution is 5.92. The van der Waals surface area contributed by atoms with Gasteiger partial charge in [-0.2, -0.15) is 0 Å². The van der Waals surface area contributed by atoms with E-state index in [9.17, 15) is 0 Å². The monoisotopic (exact) mass is 786 g/mol. The number of fused-ring (bicyclic) bond motifs is 5. The molecular formula is C61H54. The lowest BCUT2D eigenvalue weighted by Crippen LogP contribution is -2.28. The van der Waals surface area contributed by atoms with E-state index in [2.05, 4.69) is 230 Å². The third-order valence-corrected chi connectivity index (χ3v) is 13.0. The Bertz CT molecular complexity index is 3070. The highest BCUT2D eigenvalue weighted by atomic mass is 14.5. The largest absolute Gasteiger partial charge is 0.0915 e. The van der Waals surface area contributed by atoms with Crippen LogP contribution in [-0.2, 0) is 11.8 Å². The molecule has 0 saturated heterocycles. The van der Waals surface area contributed by atoms with Crippen molar-refractivity contribution in [3.63, 3.8) is 0 Å². The van der Waals surface area contributed by atoms with E-state index < -0.39 is 5.41 Å². The van der Waals surface area contributed by atoms with Crippen molar-refractivity contribution in [2.45, 2.75) is 59.8 Å². The minimum absolute atomic E-state index is 0.477. The Morgan fingerprint density at radius 1 is 0.541 bits per heavy atom. The lowest BCUT2D eigenvalue weighted by atomic mass is 9.67. The first-order chi connectivity index (χ1) is 29.7. The summed E-state index contributed by atoms with van der Waals surface area (Å²) in [5.74, 6) is 0. The lowest BCUT2D eigenvalue weighted by Gasteiger charge is -2.34. The number of aryl methyl sites for hydroxylation is 3. The second-order valence-corrected chi connectivity index (χ2v) is 17.0.